The van der Waals surface area contributed by atoms with Crippen LogP contribution in [0.15, 0.2) is 24.3 Å². The summed E-state index contributed by atoms with van der Waals surface area (Å²) in [6.45, 7) is 9.02. The van der Waals surface area contributed by atoms with Gasteiger partial charge in [-0.1, -0.05) is 32.9 Å². The molecule has 0 spiro atoms. The summed E-state index contributed by atoms with van der Waals surface area (Å²) in [6, 6.07) is 6.67. The molecule has 0 heterocycles. The van der Waals surface area contributed by atoms with E-state index < -0.39 is 6.10 Å². The molecular weight excluding hydrogens is 217 g/mol. The smallest absolute Gasteiger partial charge is 0.146 e. The predicted octanol–water partition coefficient (Wildman–Crippen LogP) is 3.06. The summed E-state index contributed by atoms with van der Waals surface area (Å²) in [5.74, 6) is -0.240. The Bertz CT molecular complexity index is 359. The minimum Gasteiger partial charge on any atom is -0.391 e. The molecule has 1 unspecified atom stereocenters. The number of benzene rings is 1. The maximum absolute atomic E-state index is 13.7. The maximum atomic E-state index is 13.7. The molecule has 1 rings (SSSR count). The first-order valence-electron chi connectivity index (χ1n) is 6.03. The second-order valence-corrected chi connectivity index (χ2v) is 5.37. The van der Waals surface area contributed by atoms with Gasteiger partial charge in [-0.05, 0) is 24.5 Å². The van der Waals surface area contributed by atoms with Gasteiger partial charge in [0.25, 0.3) is 0 Å². The van der Waals surface area contributed by atoms with Gasteiger partial charge in [0, 0.05) is 13.1 Å². The molecule has 0 fully saturated rings. The summed E-state index contributed by atoms with van der Waals surface area (Å²) >= 11 is 0. The van der Waals surface area contributed by atoms with E-state index in [2.05, 4.69) is 0 Å². The molecule has 1 atom stereocenters. The molecule has 2 nitrogen and oxygen atoms in total. The number of hydrogen-bond donors (Lipinski definition) is 1. The van der Waals surface area contributed by atoms with E-state index in [0.717, 1.165) is 0 Å². The van der Waals surface area contributed by atoms with Crippen molar-refractivity contribution in [2.45, 2.75) is 33.8 Å². The number of aliphatic hydroxyl groups excluding tert-OH is 1. The SMILES string of the molecule is CCN(CC(O)C(C)(C)C)c1ccccc1F. The first-order valence-corrected chi connectivity index (χ1v) is 6.03. The van der Waals surface area contributed by atoms with Crippen LogP contribution in [0.3, 0.4) is 0 Å². The Balaban J connectivity index is 2.83. The summed E-state index contributed by atoms with van der Waals surface area (Å²) in [7, 11) is 0. The Labute approximate surface area is 103 Å². The standard InChI is InChI=1S/C14H22FNO/c1-5-16(10-13(17)14(2,3)4)12-9-7-6-8-11(12)15/h6-9,13,17H,5,10H2,1-4H3. The molecule has 1 aromatic carbocycles. The molecule has 0 aliphatic heterocycles. The zero-order valence-corrected chi connectivity index (χ0v) is 11.1. The fourth-order valence-corrected chi connectivity index (χ4v) is 1.59. The van der Waals surface area contributed by atoms with E-state index >= 15 is 0 Å². The number of hydrogen-bond acceptors (Lipinski definition) is 2. The van der Waals surface area contributed by atoms with Gasteiger partial charge in [-0.2, -0.15) is 0 Å². The highest BCUT2D eigenvalue weighted by Crippen LogP contribution is 2.24. The van der Waals surface area contributed by atoms with Crippen molar-refractivity contribution in [2.75, 3.05) is 18.0 Å². The monoisotopic (exact) mass is 239 g/mol. The van der Waals surface area contributed by atoms with Crippen LogP contribution in [0.4, 0.5) is 10.1 Å². The molecule has 1 N–H and O–H groups in total. The summed E-state index contributed by atoms with van der Waals surface area (Å²) < 4.78 is 13.7. The van der Waals surface area contributed by atoms with Crippen LogP contribution in [-0.2, 0) is 0 Å². The molecule has 0 amide bonds. The normalized spacial score (nSPS) is 13.5. The lowest BCUT2D eigenvalue weighted by atomic mass is 9.89. The van der Waals surface area contributed by atoms with E-state index in [0.29, 0.717) is 18.8 Å². The lowest BCUT2D eigenvalue weighted by Crippen LogP contribution is -2.39. The minimum atomic E-state index is -0.484. The number of likely N-dealkylation sites (N-methyl/N-ethyl adjacent to an activating group) is 1. The van der Waals surface area contributed by atoms with E-state index in [1.807, 2.05) is 38.7 Å². The Morgan fingerprint density at radius 2 is 1.88 bits per heavy atom. The Morgan fingerprint density at radius 3 is 2.35 bits per heavy atom. The average Bonchev–Trinajstić information content (AvgIpc) is 2.25. The summed E-state index contributed by atoms with van der Waals surface area (Å²) in [5.41, 5.74) is 0.358. The van der Waals surface area contributed by atoms with Gasteiger partial charge in [-0.15, -0.1) is 0 Å². The third kappa shape index (κ3) is 3.70. The summed E-state index contributed by atoms with van der Waals surface area (Å²) in [6.07, 6.45) is -0.484. The van der Waals surface area contributed by atoms with Gasteiger partial charge in [0.05, 0.1) is 11.8 Å². The molecule has 0 radical (unpaired) electrons. The molecule has 0 bridgehead atoms. The molecule has 96 valence electrons. The molecular formula is C14H22FNO. The molecule has 3 heteroatoms. The lowest BCUT2D eigenvalue weighted by molar-refractivity contribution is 0.0690. The van der Waals surface area contributed by atoms with Gasteiger partial charge in [0.15, 0.2) is 0 Å². The van der Waals surface area contributed by atoms with E-state index in [4.69, 9.17) is 0 Å². The Hall–Kier alpha value is -1.09. The lowest BCUT2D eigenvalue weighted by Gasteiger charge is -2.32. The molecule has 0 aliphatic carbocycles. The van der Waals surface area contributed by atoms with Crippen LogP contribution in [0.25, 0.3) is 0 Å². The first kappa shape index (κ1) is 14.0. The van der Waals surface area contributed by atoms with Gasteiger partial charge in [-0.3, -0.25) is 0 Å². The van der Waals surface area contributed by atoms with Crippen LogP contribution in [0.1, 0.15) is 27.7 Å². The molecule has 0 aliphatic rings. The number of rotatable bonds is 4. The number of halogens is 1. The summed E-state index contributed by atoms with van der Waals surface area (Å²) in [5, 5.41) is 10.1. The molecule has 0 aromatic heterocycles. The third-order valence-corrected chi connectivity index (χ3v) is 2.97. The van der Waals surface area contributed by atoms with Crippen molar-refractivity contribution in [3.63, 3.8) is 0 Å². The number of aliphatic hydroxyl groups is 1. The van der Waals surface area contributed by atoms with Crippen molar-refractivity contribution in [3.8, 4) is 0 Å². The van der Waals surface area contributed by atoms with Crippen molar-refractivity contribution in [3.05, 3.63) is 30.1 Å². The van der Waals surface area contributed by atoms with Crippen molar-refractivity contribution in [1.82, 2.24) is 0 Å². The van der Waals surface area contributed by atoms with Crippen LogP contribution in [0, 0.1) is 11.2 Å². The van der Waals surface area contributed by atoms with E-state index in [1.165, 1.54) is 6.07 Å². The Kier molecular flexibility index (Phi) is 4.52. The summed E-state index contributed by atoms with van der Waals surface area (Å²) in [4.78, 5) is 1.87. The molecule has 17 heavy (non-hydrogen) atoms. The second kappa shape index (κ2) is 5.50. The average molecular weight is 239 g/mol. The highest BCUT2D eigenvalue weighted by molar-refractivity contribution is 5.47. The fourth-order valence-electron chi connectivity index (χ4n) is 1.59. The number of anilines is 1. The zero-order valence-electron chi connectivity index (χ0n) is 11.1. The second-order valence-electron chi connectivity index (χ2n) is 5.37. The van der Waals surface area contributed by atoms with Crippen LogP contribution < -0.4 is 4.90 Å². The molecule has 1 aromatic rings. The number of nitrogens with zero attached hydrogens (tertiary/aromatic N) is 1. The van der Waals surface area contributed by atoms with Crippen LogP contribution in [0.5, 0.6) is 0 Å². The highest BCUT2D eigenvalue weighted by Gasteiger charge is 2.24. The van der Waals surface area contributed by atoms with Gasteiger partial charge >= 0.3 is 0 Å². The highest BCUT2D eigenvalue weighted by atomic mass is 19.1. The van der Waals surface area contributed by atoms with Crippen molar-refractivity contribution >= 4 is 5.69 Å². The number of para-hydroxylation sites is 1. The van der Waals surface area contributed by atoms with Gasteiger partial charge in [-0.25, -0.2) is 4.39 Å². The van der Waals surface area contributed by atoms with Gasteiger partial charge in [0.2, 0.25) is 0 Å². The minimum absolute atomic E-state index is 0.196. The quantitative estimate of drug-likeness (QED) is 0.873. The fraction of sp³-hybridized carbons (Fsp3) is 0.571. The van der Waals surface area contributed by atoms with Crippen LogP contribution in [0.2, 0.25) is 0 Å². The molecule has 0 saturated carbocycles. The third-order valence-electron chi connectivity index (χ3n) is 2.97. The van der Waals surface area contributed by atoms with E-state index in [9.17, 15) is 9.50 Å². The van der Waals surface area contributed by atoms with Crippen molar-refractivity contribution < 1.29 is 9.50 Å². The van der Waals surface area contributed by atoms with Gasteiger partial charge < -0.3 is 10.0 Å². The van der Waals surface area contributed by atoms with Crippen molar-refractivity contribution in [2.24, 2.45) is 5.41 Å². The van der Waals surface area contributed by atoms with Gasteiger partial charge in [0.1, 0.15) is 5.82 Å². The van der Waals surface area contributed by atoms with E-state index in [-0.39, 0.29) is 11.2 Å². The van der Waals surface area contributed by atoms with E-state index in [1.54, 1.807) is 12.1 Å². The molecule has 0 saturated heterocycles. The first-order chi connectivity index (χ1) is 7.86. The Morgan fingerprint density at radius 1 is 1.29 bits per heavy atom. The topological polar surface area (TPSA) is 23.5 Å². The van der Waals surface area contributed by atoms with Crippen LogP contribution in [-0.4, -0.2) is 24.3 Å². The van der Waals surface area contributed by atoms with Crippen molar-refractivity contribution in [1.29, 1.82) is 0 Å². The maximum Gasteiger partial charge on any atom is 0.146 e. The largest absolute Gasteiger partial charge is 0.391 e. The predicted molar refractivity (Wildman–Crippen MR) is 69.7 cm³/mol. The zero-order chi connectivity index (χ0) is 13.1. The van der Waals surface area contributed by atoms with Crippen LogP contribution >= 0.6 is 0 Å².